The van der Waals surface area contributed by atoms with Crippen molar-refractivity contribution in [3.8, 4) is 5.75 Å². The molecule has 20 heavy (non-hydrogen) atoms. The number of halogens is 1. The van der Waals surface area contributed by atoms with Crippen LogP contribution in [0.15, 0.2) is 17.0 Å². The SMILES string of the molecule is COc1c(N)cc(S(=O)(=O)NC(C)CCCO)cc1F. The molecule has 8 heteroatoms. The number of ether oxygens (including phenoxy) is 1. The number of sulfonamides is 1. The third-order valence-electron chi connectivity index (χ3n) is 2.71. The molecule has 6 nitrogen and oxygen atoms in total. The smallest absolute Gasteiger partial charge is 0.240 e. The lowest BCUT2D eigenvalue weighted by Gasteiger charge is -2.15. The van der Waals surface area contributed by atoms with E-state index in [0.29, 0.717) is 12.8 Å². The van der Waals surface area contributed by atoms with Crippen molar-refractivity contribution in [1.29, 1.82) is 0 Å². The van der Waals surface area contributed by atoms with E-state index in [1.807, 2.05) is 0 Å². The van der Waals surface area contributed by atoms with Crippen LogP contribution in [0, 0.1) is 5.82 Å². The molecule has 1 aromatic rings. The molecule has 0 bridgehead atoms. The van der Waals surface area contributed by atoms with Gasteiger partial charge in [-0.1, -0.05) is 0 Å². The van der Waals surface area contributed by atoms with Crippen LogP contribution in [-0.2, 0) is 10.0 Å². The van der Waals surface area contributed by atoms with Crippen LogP contribution in [0.3, 0.4) is 0 Å². The van der Waals surface area contributed by atoms with Gasteiger partial charge in [0.1, 0.15) is 0 Å². The van der Waals surface area contributed by atoms with E-state index in [2.05, 4.69) is 4.72 Å². The van der Waals surface area contributed by atoms with Gasteiger partial charge in [-0.15, -0.1) is 0 Å². The van der Waals surface area contributed by atoms with Crippen LogP contribution in [-0.4, -0.2) is 33.3 Å². The molecule has 1 unspecified atom stereocenters. The van der Waals surface area contributed by atoms with E-state index in [1.54, 1.807) is 6.92 Å². The second-order valence-electron chi connectivity index (χ2n) is 4.42. The van der Waals surface area contributed by atoms with Gasteiger partial charge in [-0.25, -0.2) is 17.5 Å². The topological polar surface area (TPSA) is 102 Å². The number of hydrogen-bond acceptors (Lipinski definition) is 5. The Balaban J connectivity index is 2.99. The molecule has 0 aliphatic heterocycles. The molecule has 0 saturated heterocycles. The number of nitrogens with two attached hydrogens (primary N) is 1. The van der Waals surface area contributed by atoms with Gasteiger partial charge in [-0.3, -0.25) is 0 Å². The molecule has 114 valence electrons. The summed E-state index contributed by atoms with van der Waals surface area (Å²) in [6.45, 7) is 1.65. The van der Waals surface area contributed by atoms with E-state index in [0.717, 1.165) is 12.1 Å². The molecule has 0 fully saturated rings. The van der Waals surface area contributed by atoms with Crippen molar-refractivity contribution < 1.29 is 22.7 Å². The fraction of sp³-hybridized carbons (Fsp3) is 0.500. The minimum absolute atomic E-state index is 0.0177. The summed E-state index contributed by atoms with van der Waals surface area (Å²) in [6, 6.07) is 1.62. The Morgan fingerprint density at radius 1 is 1.50 bits per heavy atom. The highest BCUT2D eigenvalue weighted by Crippen LogP contribution is 2.28. The molecule has 1 atom stereocenters. The van der Waals surface area contributed by atoms with Crippen LogP contribution in [0.2, 0.25) is 0 Å². The summed E-state index contributed by atoms with van der Waals surface area (Å²) in [6.07, 6.45) is 0.951. The number of anilines is 1. The number of aliphatic hydroxyl groups excluding tert-OH is 1. The molecule has 0 spiro atoms. The molecular weight excluding hydrogens is 287 g/mol. The average molecular weight is 306 g/mol. The van der Waals surface area contributed by atoms with Crippen LogP contribution in [0.1, 0.15) is 19.8 Å². The lowest BCUT2D eigenvalue weighted by molar-refractivity contribution is 0.279. The van der Waals surface area contributed by atoms with Crippen LogP contribution < -0.4 is 15.2 Å². The van der Waals surface area contributed by atoms with Gasteiger partial charge in [0, 0.05) is 12.6 Å². The average Bonchev–Trinajstić information content (AvgIpc) is 2.35. The molecule has 1 aromatic carbocycles. The number of nitrogen functional groups attached to an aromatic ring is 1. The number of nitrogens with one attached hydrogen (secondary N) is 1. The molecule has 0 saturated carbocycles. The van der Waals surface area contributed by atoms with Crippen LogP contribution in [0.25, 0.3) is 0 Å². The fourth-order valence-electron chi connectivity index (χ4n) is 1.75. The van der Waals surface area contributed by atoms with Gasteiger partial charge in [0.05, 0.1) is 17.7 Å². The maximum atomic E-state index is 13.7. The number of methoxy groups -OCH3 is 1. The van der Waals surface area contributed by atoms with Crippen LogP contribution >= 0.6 is 0 Å². The van der Waals surface area contributed by atoms with E-state index in [9.17, 15) is 12.8 Å². The second kappa shape index (κ2) is 6.87. The minimum Gasteiger partial charge on any atom is -0.492 e. The molecule has 0 heterocycles. The number of rotatable bonds is 7. The molecule has 0 radical (unpaired) electrons. The third kappa shape index (κ3) is 4.06. The second-order valence-corrected chi connectivity index (χ2v) is 6.13. The van der Waals surface area contributed by atoms with Gasteiger partial charge < -0.3 is 15.6 Å². The monoisotopic (exact) mass is 306 g/mol. The van der Waals surface area contributed by atoms with E-state index < -0.39 is 15.8 Å². The van der Waals surface area contributed by atoms with E-state index in [4.69, 9.17) is 15.6 Å². The Bertz CT molecular complexity index is 540. The van der Waals surface area contributed by atoms with E-state index in [1.165, 1.54) is 7.11 Å². The van der Waals surface area contributed by atoms with E-state index in [-0.39, 0.29) is 29.0 Å². The summed E-state index contributed by atoms with van der Waals surface area (Å²) in [4.78, 5) is -0.260. The van der Waals surface area contributed by atoms with Crippen molar-refractivity contribution in [3.05, 3.63) is 17.9 Å². The summed E-state index contributed by atoms with van der Waals surface area (Å²) in [5.41, 5.74) is 5.46. The minimum atomic E-state index is -3.87. The first-order chi connectivity index (χ1) is 9.31. The molecule has 0 aliphatic rings. The van der Waals surface area contributed by atoms with Crippen molar-refractivity contribution >= 4 is 15.7 Å². The van der Waals surface area contributed by atoms with Crippen molar-refractivity contribution in [3.63, 3.8) is 0 Å². The number of aliphatic hydroxyl groups is 1. The molecule has 0 aliphatic carbocycles. The molecule has 0 aromatic heterocycles. The summed E-state index contributed by atoms with van der Waals surface area (Å²) in [5.74, 6) is -1.02. The maximum absolute atomic E-state index is 13.7. The first kappa shape index (κ1) is 16.7. The first-order valence-corrected chi connectivity index (χ1v) is 7.56. The highest BCUT2D eigenvalue weighted by molar-refractivity contribution is 7.89. The zero-order chi connectivity index (χ0) is 15.3. The third-order valence-corrected chi connectivity index (χ3v) is 4.28. The first-order valence-electron chi connectivity index (χ1n) is 6.08. The van der Waals surface area contributed by atoms with Gasteiger partial charge in [0.25, 0.3) is 0 Å². The highest BCUT2D eigenvalue weighted by Gasteiger charge is 2.21. The Labute approximate surface area is 117 Å². The van der Waals surface area contributed by atoms with Crippen molar-refractivity contribution in [2.45, 2.75) is 30.7 Å². The Morgan fingerprint density at radius 2 is 2.15 bits per heavy atom. The summed E-state index contributed by atoms with van der Waals surface area (Å²) >= 11 is 0. The summed E-state index contributed by atoms with van der Waals surface area (Å²) in [7, 11) is -2.62. The normalized spacial score (nSPS) is 13.2. The zero-order valence-corrected chi connectivity index (χ0v) is 12.2. The Hall–Kier alpha value is -1.38. The fourth-order valence-corrected chi connectivity index (χ4v) is 3.07. The zero-order valence-electron chi connectivity index (χ0n) is 11.4. The van der Waals surface area contributed by atoms with Crippen molar-refractivity contribution in [2.75, 3.05) is 19.5 Å². The Morgan fingerprint density at radius 3 is 2.65 bits per heavy atom. The van der Waals surface area contributed by atoms with Gasteiger partial charge in [-0.2, -0.15) is 0 Å². The lowest BCUT2D eigenvalue weighted by Crippen LogP contribution is -2.32. The quantitative estimate of drug-likeness (QED) is 0.648. The van der Waals surface area contributed by atoms with Crippen molar-refractivity contribution in [1.82, 2.24) is 4.72 Å². The van der Waals surface area contributed by atoms with Crippen molar-refractivity contribution in [2.24, 2.45) is 0 Å². The van der Waals surface area contributed by atoms with Gasteiger partial charge in [0.15, 0.2) is 11.6 Å². The van der Waals surface area contributed by atoms with Gasteiger partial charge >= 0.3 is 0 Å². The number of benzene rings is 1. The highest BCUT2D eigenvalue weighted by atomic mass is 32.2. The molecular formula is C12H19FN2O4S. The number of hydrogen-bond donors (Lipinski definition) is 3. The van der Waals surface area contributed by atoms with Gasteiger partial charge in [0.2, 0.25) is 10.0 Å². The Kier molecular flexibility index (Phi) is 5.73. The lowest BCUT2D eigenvalue weighted by atomic mass is 10.2. The maximum Gasteiger partial charge on any atom is 0.240 e. The van der Waals surface area contributed by atoms with Gasteiger partial charge in [-0.05, 0) is 31.9 Å². The van der Waals surface area contributed by atoms with Crippen LogP contribution in [0.4, 0.5) is 10.1 Å². The largest absolute Gasteiger partial charge is 0.492 e. The summed E-state index contributed by atoms with van der Waals surface area (Å²) in [5, 5.41) is 8.70. The predicted molar refractivity (Wildman–Crippen MR) is 73.5 cm³/mol. The molecule has 0 amide bonds. The standard InChI is InChI=1S/C12H19FN2O4S/c1-8(4-3-5-16)15-20(17,18)9-6-10(13)12(19-2)11(14)7-9/h6-8,15-16H,3-5,14H2,1-2H3. The predicted octanol–water partition coefficient (Wildman–Crippen LogP) is 0.856. The molecule has 1 rings (SSSR count). The molecule has 4 N–H and O–H groups in total. The summed E-state index contributed by atoms with van der Waals surface area (Å²) < 4.78 is 44.9. The van der Waals surface area contributed by atoms with Crippen LogP contribution in [0.5, 0.6) is 5.75 Å². The van der Waals surface area contributed by atoms with E-state index >= 15 is 0 Å².